The van der Waals surface area contributed by atoms with Gasteiger partial charge in [-0.15, -0.1) is 23.5 Å². The van der Waals surface area contributed by atoms with Gasteiger partial charge >= 0.3 is 0 Å². The Morgan fingerprint density at radius 1 is 1.12 bits per heavy atom. The molecule has 1 fully saturated rings. The third kappa shape index (κ3) is 3.91. The van der Waals surface area contributed by atoms with Crippen LogP contribution in [0.2, 0.25) is 5.02 Å². The highest BCUT2D eigenvalue weighted by atomic mass is 79.9. The number of hydrogen-bond acceptors (Lipinski definition) is 5. The predicted molar refractivity (Wildman–Crippen MR) is 112 cm³/mol. The summed E-state index contributed by atoms with van der Waals surface area (Å²) in [5.74, 6) is 3.68. The number of ether oxygens (including phenoxy) is 1. The molecule has 0 saturated carbocycles. The maximum atomic E-state index is 6.67. The number of benzene rings is 2. The summed E-state index contributed by atoms with van der Waals surface area (Å²) in [6, 6.07) is 13.7. The molecule has 1 aliphatic rings. The van der Waals surface area contributed by atoms with Crippen LogP contribution in [0.25, 0.3) is 0 Å². The minimum atomic E-state index is -0.152. The summed E-state index contributed by atoms with van der Waals surface area (Å²) >= 11 is 13.9. The third-order valence-corrected chi connectivity index (χ3v) is 8.24. The van der Waals surface area contributed by atoms with Gasteiger partial charge in [0.15, 0.2) is 0 Å². The van der Waals surface area contributed by atoms with Gasteiger partial charge in [0.25, 0.3) is 0 Å². The van der Waals surface area contributed by atoms with E-state index in [9.17, 15) is 0 Å². The lowest BCUT2D eigenvalue weighted by atomic mass is 10.1. The van der Waals surface area contributed by atoms with Crippen LogP contribution in [0.1, 0.15) is 5.56 Å². The molecule has 2 heterocycles. The summed E-state index contributed by atoms with van der Waals surface area (Å²) < 4.78 is 8.66. The van der Waals surface area contributed by atoms with Gasteiger partial charge in [-0.3, -0.25) is 4.68 Å². The fraction of sp³-hybridized carbons (Fsp3) is 0.222. The number of rotatable bonds is 5. The summed E-state index contributed by atoms with van der Waals surface area (Å²) in [6.07, 6.45) is 3.31. The van der Waals surface area contributed by atoms with Crippen LogP contribution >= 0.6 is 51.1 Å². The fourth-order valence-corrected chi connectivity index (χ4v) is 6.80. The molecule has 3 aromatic rings. The molecule has 0 aliphatic carbocycles. The minimum absolute atomic E-state index is 0.152. The van der Waals surface area contributed by atoms with Crippen molar-refractivity contribution in [2.45, 2.75) is 10.6 Å². The summed E-state index contributed by atoms with van der Waals surface area (Å²) in [5, 5.41) is 4.98. The second-order valence-corrected chi connectivity index (χ2v) is 10.1. The van der Waals surface area contributed by atoms with Crippen LogP contribution in [0, 0.1) is 0 Å². The van der Waals surface area contributed by atoms with Gasteiger partial charge < -0.3 is 4.74 Å². The molecule has 2 aromatic carbocycles. The van der Waals surface area contributed by atoms with E-state index in [1.54, 1.807) is 12.7 Å². The quantitative estimate of drug-likeness (QED) is 0.472. The van der Waals surface area contributed by atoms with E-state index in [0.717, 1.165) is 39.6 Å². The van der Waals surface area contributed by atoms with Gasteiger partial charge in [-0.2, -0.15) is 5.10 Å². The monoisotopic (exact) mass is 467 g/mol. The van der Waals surface area contributed by atoms with Crippen molar-refractivity contribution in [1.82, 2.24) is 14.8 Å². The third-order valence-electron chi connectivity index (χ3n) is 3.99. The van der Waals surface area contributed by atoms with Gasteiger partial charge in [0, 0.05) is 21.0 Å². The Morgan fingerprint density at radius 3 is 2.50 bits per heavy atom. The Labute approximate surface area is 173 Å². The smallest absolute Gasteiger partial charge is 0.137 e. The van der Waals surface area contributed by atoms with E-state index in [-0.39, 0.29) is 4.08 Å². The molecular formula is C18H15BrClN3OS2. The molecule has 0 amide bonds. The summed E-state index contributed by atoms with van der Waals surface area (Å²) in [5.41, 5.74) is 1.10. The second-order valence-electron chi connectivity index (χ2n) is 5.74. The van der Waals surface area contributed by atoms with E-state index in [0.29, 0.717) is 5.02 Å². The average Bonchev–Trinajstić information content (AvgIpc) is 3.30. The van der Waals surface area contributed by atoms with E-state index < -0.39 is 0 Å². The van der Waals surface area contributed by atoms with Crippen molar-refractivity contribution in [2.24, 2.45) is 0 Å². The SMILES string of the molecule is Clc1cc(Oc2ccc(Br)cc2)ccc1C1(Cn2cncn2)SCCS1. The first kappa shape index (κ1) is 18.2. The van der Waals surface area contributed by atoms with Crippen molar-refractivity contribution in [3.63, 3.8) is 0 Å². The molecule has 0 atom stereocenters. The van der Waals surface area contributed by atoms with Crippen LogP contribution in [-0.2, 0) is 10.6 Å². The molecule has 26 heavy (non-hydrogen) atoms. The molecule has 8 heteroatoms. The highest BCUT2D eigenvalue weighted by Gasteiger charge is 2.40. The topological polar surface area (TPSA) is 39.9 Å². The Bertz CT molecular complexity index is 884. The molecule has 4 nitrogen and oxygen atoms in total. The molecule has 0 N–H and O–H groups in total. The first-order valence-corrected chi connectivity index (χ1v) is 11.1. The number of aromatic nitrogens is 3. The van der Waals surface area contributed by atoms with E-state index >= 15 is 0 Å². The predicted octanol–water partition coefficient (Wildman–Crippen LogP) is 5.82. The molecular weight excluding hydrogens is 454 g/mol. The fourth-order valence-electron chi connectivity index (χ4n) is 2.82. The van der Waals surface area contributed by atoms with E-state index in [2.05, 4.69) is 32.1 Å². The van der Waals surface area contributed by atoms with Gasteiger partial charge in [0.1, 0.15) is 28.2 Å². The zero-order chi connectivity index (χ0) is 18.0. The first-order chi connectivity index (χ1) is 12.6. The summed E-state index contributed by atoms with van der Waals surface area (Å²) in [7, 11) is 0. The number of hydrogen-bond donors (Lipinski definition) is 0. The molecule has 0 radical (unpaired) electrons. The van der Waals surface area contributed by atoms with Crippen LogP contribution in [0.4, 0.5) is 0 Å². The zero-order valence-corrected chi connectivity index (χ0v) is 17.6. The zero-order valence-electron chi connectivity index (χ0n) is 13.6. The molecule has 0 bridgehead atoms. The maximum absolute atomic E-state index is 6.67. The van der Waals surface area contributed by atoms with Crippen LogP contribution in [-0.4, -0.2) is 26.3 Å². The first-order valence-electron chi connectivity index (χ1n) is 7.98. The van der Waals surface area contributed by atoms with Gasteiger partial charge in [-0.1, -0.05) is 33.6 Å². The van der Waals surface area contributed by atoms with Gasteiger partial charge in [-0.25, -0.2) is 4.98 Å². The summed E-state index contributed by atoms with van der Waals surface area (Å²) in [4.78, 5) is 4.06. The standard InChI is InChI=1S/C18H15BrClN3OS2/c19-13-1-3-14(4-2-13)24-15-5-6-16(17(20)9-15)18(25-7-8-26-18)10-23-12-21-11-22-23/h1-6,9,11-12H,7-8,10H2. The Kier molecular flexibility index (Phi) is 5.50. The normalized spacial score (nSPS) is 15.9. The lowest BCUT2D eigenvalue weighted by molar-refractivity contribution is 0.482. The number of halogens is 2. The van der Waals surface area contributed by atoms with Crippen LogP contribution in [0.15, 0.2) is 59.6 Å². The summed E-state index contributed by atoms with van der Waals surface area (Å²) in [6.45, 7) is 0.731. The number of nitrogens with zero attached hydrogens (tertiary/aromatic N) is 3. The molecule has 134 valence electrons. The van der Waals surface area contributed by atoms with Crippen molar-refractivity contribution >= 4 is 51.1 Å². The van der Waals surface area contributed by atoms with Crippen molar-refractivity contribution in [3.05, 3.63) is 70.2 Å². The van der Waals surface area contributed by atoms with Gasteiger partial charge in [0.05, 0.1) is 6.54 Å². The van der Waals surface area contributed by atoms with Crippen molar-refractivity contribution in [2.75, 3.05) is 11.5 Å². The molecule has 0 unspecified atom stereocenters. The van der Waals surface area contributed by atoms with Crippen LogP contribution in [0.3, 0.4) is 0 Å². The Morgan fingerprint density at radius 2 is 1.85 bits per heavy atom. The molecule has 1 aromatic heterocycles. The van der Waals surface area contributed by atoms with E-state index in [1.807, 2.05) is 64.6 Å². The van der Waals surface area contributed by atoms with Crippen molar-refractivity contribution in [3.8, 4) is 11.5 Å². The lowest BCUT2D eigenvalue weighted by Gasteiger charge is -2.28. The highest BCUT2D eigenvalue weighted by Crippen LogP contribution is 2.55. The van der Waals surface area contributed by atoms with Gasteiger partial charge in [-0.05, 0) is 42.0 Å². The van der Waals surface area contributed by atoms with Crippen molar-refractivity contribution < 1.29 is 4.74 Å². The second kappa shape index (κ2) is 7.84. The number of thioether (sulfide) groups is 2. The largest absolute Gasteiger partial charge is 0.457 e. The molecule has 1 saturated heterocycles. The van der Waals surface area contributed by atoms with E-state index in [4.69, 9.17) is 16.3 Å². The Hall–Kier alpha value is -1.15. The van der Waals surface area contributed by atoms with E-state index in [1.165, 1.54) is 0 Å². The highest BCUT2D eigenvalue weighted by molar-refractivity contribution is 9.10. The molecule has 0 spiro atoms. The van der Waals surface area contributed by atoms with Crippen molar-refractivity contribution in [1.29, 1.82) is 0 Å². The van der Waals surface area contributed by atoms with Crippen LogP contribution < -0.4 is 4.74 Å². The Balaban J connectivity index is 1.60. The minimum Gasteiger partial charge on any atom is -0.457 e. The van der Waals surface area contributed by atoms with Gasteiger partial charge in [0.2, 0.25) is 0 Å². The van der Waals surface area contributed by atoms with Crippen LogP contribution in [0.5, 0.6) is 11.5 Å². The lowest BCUT2D eigenvalue weighted by Crippen LogP contribution is -2.23. The molecule has 1 aliphatic heterocycles. The maximum Gasteiger partial charge on any atom is 0.137 e. The molecule has 4 rings (SSSR count). The average molecular weight is 469 g/mol.